The minimum absolute atomic E-state index is 0.0774. The molecule has 0 radical (unpaired) electrons. The Labute approximate surface area is 154 Å². The summed E-state index contributed by atoms with van der Waals surface area (Å²) in [6, 6.07) is 9.07. The number of thioether (sulfide) groups is 1. The summed E-state index contributed by atoms with van der Waals surface area (Å²) in [7, 11) is 0. The second kappa shape index (κ2) is 7.38. The average molecular weight is 378 g/mol. The average Bonchev–Trinajstić information content (AvgIpc) is 2.85. The molecule has 24 heavy (non-hydrogen) atoms. The van der Waals surface area contributed by atoms with Crippen LogP contribution in [0.4, 0.5) is 5.69 Å². The van der Waals surface area contributed by atoms with Crippen molar-refractivity contribution in [2.24, 2.45) is 4.99 Å². The van der Waals surface area contributed by atoms with Gasteiger partial charge in [-0.2, -0.15) is 0 Å². The summed E-state index contributed by atoms with van der Waals surface area (Å²) < 4.78 is 0. The molecule has 0 unspecified atom stereocenters. The highest BCUT2D eigenvalue weighted by atomic mass is 35.5. The molecule has 1 aromatic carbocycles. The van der Waals surface area contributed by atoms with Gasteiger partial charge in [0.25, 0.3) is 5.91 Å². The van der Waals surface area contributed by atoms with Crippen molar-refractivity contribution in [2.45, 2.75) is 6.92 Å². The lowest BCUT2D eigenvalue weighted by molar-refractivity contribution is -0.122. The highest BCUT2D eigenvalue weighted by molar-refractivity contribution is 8.18. The van der Waals surface area contributed by atoms with Crippen molar-refractivity contribution in [3.05, 3.63) is 63.2 Å². The van der Waals surface area contributed by atoms with Crippen molar-refractivity contribution in [3.8, 4) is 0 Å². The standard InChI is InChI=1S/C17H13Cl2N3OS/c1-2-22-16(23)15(9-11-4-3-5-12(18)8-11)24-17(22)21-14-6-7-20-10-13(14)19/h3-10H,2H2,1H3/b15-9-,21-17?. The van der Waals surface area contributed by atoms with Crippen LogP contribution < -0.4 is 0 Å². The van der Waals surface area contributed by atoms with Crippen LogP contribution in [0.2, 0.25) is 10.0 Å². The fraction of sp³-hybridized carbons (Fsp3) is 0.118. The van der Waals surface area contributed by atoms with Gasteiger partial charge in [0.1, 0.15) is 0 Å². The summed E-state index contributed by atoms with van der Waals surface area (Å²) in [6.07, 6.45) is 4.96. The zero-order chi connectivity index (χ0) is 17.1. The fourth-order valence-corrected chi connectivity index (χ4v) is 3.60. The van der Waals surface area contributed by atoms with Crippen molar-refractivity contribution in [3.63, 3.8) is 0 Å². The van der Waals surface area contributed by atoms with E-state index in [0.717, 1.165) is 5.56 Å². The van der Waals surface area contributed by atoms with Crippen molar-refractivity contribution in [1.82, 2.24) is 9.88 Å². The molecule has 2 aromatic rings. The first-order valence-electron chi connectivity index (χ1n) is 7.23. The van der Waals surface area contributed by atoms with Crippen LogP contribution in [0.1, 0.15) is 12.5 Å². The van der Waals surface area contributed by atoms with Crippen LogP contribution in [0.3, 0.4) is 0 Å². The zero-order valence-corrected chi connectivity index (χ0v) is 15.1. The van der Waals surface area contributed by atoms with Crippen LogP contribution in [0.15, 0.2) is 52.6 Å². The van der Waals surface area contributed by atoms with E-state index in [4.69, 9.17) is 23.2 Å². The maximum atomic E-state index is 12.6. The number of aliphatic imine (C=N–C) groups is 1. The third-order valence-corrected chi connectivity index (χ3v) is 4.85. The number of nitrogens with zero attached hydrogens (tertiary/aromatic N) is 3. The Balaban J connectivity index is 1.96. The Bertz CT molecular complexity index is 851. The Morgan fingerprint density at radius 1 is 1.33 bits per heavy atom. The SMILES string of the molecule is CCN1C(=O)/C(=C/c2cccc(Cl)c2)SC1=Nc1ccncc1Cl. The normalized spacial score (nSPS) is 18.0. The van der Waals surface area contributed by atoms with Crippen molar-refractivity contribution < 1.29 is 4.79 Å². The molecule has 0 N–H and O–H groups in total. The lowest BCUT2D eigenvalue weighted by Gasteiger charge is -2.12. The van der Waals surface area contributed by atoms with E-state index < -0.39 is 0 Å². The lowest BCUT2D eigenvalue weighted by Crippen LogP contribution is -2.28. The molecule has 0 spiro atoms. The first-order chi connectivity index (χ1) is 11.6. The maximum Gasteiger partial charge on any atom is 0.266 e. The summed E-state index contributed by atoms with van der Waals surface area (Å²) >= 11 is 13.4. The number of halogens is 2. The summed E-state index contributed by atoms with van der Waals surface area (Å²) in [6.45, 7) is 2.44. The van der Waals surface area contributed by atoms with Crippen LogP contribution in [-0.2, 0) is 4.79 Å². The minimum atomic E-state index is -0.0774. The molecule has 0 saturated carbocycles. The van der Waals surface area contributed by atoms with Gasteiger partial charge in [0, 0.05) is 24.0 Å². The first kappa shape index (κ1) is 17.0. The monoisotopic (exact) mass is 377 g/mol. The Hall–Kier alpha value is -1.82. The number of amidine groups is 1. The molecule has 0 atom stereocenters. The molecule has 1 aliphatic rings. The van der Waals surface area contributed by atoms with E-state index in [1.807, 2.05) is 31.2 Å². The molecule has 2 heterocycles. The number of hydrogen-bond donors (Lipinski definition) is 0. The smallest absolute Gasteiger partial charge is 0.266 e. The minimum Gasteiger partial charge on any atom is -0.287 e. The number of pyridine rings is 1. The van der Waals surface area contributed by atoms with Gasteiger partial charge in [0.05, 0.1) is 15.6 Å². The highest BCUT2D eigenvalue weighted by Crippen LogP contribution is 2.35. The maximum absolute atomic E-state index is 12.6. The largest absolute Gasteiger partial charge is 0.287 e. The van der Waals surface area contributed by atoms with Crippen molar-refractivity contribution in [2.75, 3.05) is 6.54 Å². The van der Waals surface area contributed by atoms with Gasteiger partial charge in [-0.15, -0.1) is 0 Å². The summed E-state index contributed by atoms with van der Waals surface area (Å²) in [5.41, 5.74) is 1.46. The third-order valence-electron chi connectivity index (χ3n) is 3.32. The van der Waals surface area contributed by atoms with Gasteiger partial charge in [0.15, 0.2) is 5.17 Å². The van der Waals surface area contributed by atoms with Gasteiger partial charge >= 0.3 is 0 Å². The molecule has 1 amide bonds. The van der Waals surface area contributed by atoms with Gasteiger partial charge in [-0.05, 0) is 48.5 Å². The number of hydrogen-bond acceptors (Lipinski definition) is 4. The number of benzene rings is 1. The van der Waals surface area contributed by atoms with E-state index in [9.17, 15) is 4.79 Å². The van der Waals surface area contributed by atoms with E-state index in [2.05, 4.69) is 9.98 Å². The zero-order valence-electron chi connectivity index (χ0n) is 12.7. The molecule has 1 aliphatic heterocycles. The number of aromatic nitrogens is 1. The molecule has 122 valence electrons. The number of amides is 1. The fourth-order valence-electron chi connectivity index (χ4n) is 2.18. The molecule has 7 heteroatoms. The molecule has 1 aromatic heterocycles. The predicted octanol–water partition coefficient (Wildman–Crippen LogP) is 5.01. The Morgan fingerprint density at radius 3 is 2.88 bits per heavy atom. The van der Waals surface area contributed by atoms with E-state index in [0.29, 0.717) is 32.4 Å². The predicted molar refractivity (Wildman–Crippen MR) is 101 cm³/mol. The van der Waals surface area contributed by atoms with E-state index >= 15 is 0 Å². The lowest BCUT2D eigenvalue weighted by atomic mass is 10.2. The quantitative estimate of drug-likeness (QED) is 0.705. The van der Waals surface area contributed by atoms with E-state index in [1.54, 1.807) is 23.2 Å². The van der Waals surface area contributed by atoms with Crippen LogP contribution in [0, 0.1) is 0 Å². The molecular weight excluding hydrogens is 365 g/mol. The number of rotatable bonds is 3. The molecule has 4 nitrogen and oxygen atoms in total. The number of likely N-dealkylation sites (N-methyl/N-ethyl adjacent to an activating group) is 1. The molecule has 3 rings (SSSR count). The Morgan fingerprint density at radius 2 is 2.17 bits per heavy atom. The van der Waals surface area contributed by atoms with Gasteiger partial charge in [-0.1, -0.05) is 35.3 Å². The number of carbonyl (C=O) groups excluding carboxylic acids is 1. The first-order valence-corrected chi connectivity index (χ1v) is 8.81. The molecule has 0 bridgehead atoms. The molecule has 1 fully saturated rings. The van der Waals surface area contributed by atoms with Crippen molar-refractivity contribution in [1.29, 1.82) is 0 Å². The molecule has 0 aliphatic carbocycles. The Kier molecular flexibility index (Phi) is 5.23. The second-order valence-corrected chi connectivity index (χ2v) is 6.79. The van der Waals surface area contributed by atoms with Crippen LogP contribution in [0.25, 0.3) is 6.08 Å². The van der Waals surface area contributed by atoms with Gasteiger partial charge < -0.3 is 0 Å². The van der Waals surface area contributed by atoms with Crippen LogP contribution in [-0.4, -0.2) is 27.5 Å². The van der Waals surface area contributed by atoms with Crippen molar-refractivity contribution >= 4 is 57.8 Å². The summed E-state index contributed by atoms with van der Waals surface area (Å²) in [5, 5.41) is 1.68. The van der Waals surface area contributed by atoms with E-state index in [1.165, 1.54) is 18.0 Å². The van der Waals surface area contributed by atoms with E-state index in [-0.39, 0.29) is 5.91 Å². The highest BCUT2D eigenvalue weighted by Gasteiger charge is 2.32. The van der Waals surface area contributed by atoms with Crippen LogP contribution in [0.5, 0.6) is 0 Å². The molecular formula is C17H13Cl2N3OS. The number of carbonyl (C=O) groups is 1. The van der Waals surface area contributed by atoms with Crippen LogP contribution >= 0.6 is 35.0 Å². The van der Waals surface area contributed by atoms with Gasteiger partial charge in [0.2, 0.25) is 0 Å². The van der Waals surface area contributed by atoms with Gasteiger partial charge in [-0.3, -0.25) is 14.7 Å². The second-order valence-electron chi connectivity index (χ2n) is 4.94. The third kappa shape index (κ3) is 3.64. The molecule has 1 saturated heterocycles. The van der Waals surface area contributed by atoms with Gasteiger partial charge in [-0.25, -0.2) is 4.99 Å². The summed E-state index contributed by atoms with van der Waals surface area (Å²) in [4.78, 5) is 23.3. The summed E-state index contributed by atoms with van der Waals surface area (Å²) in [5.74, 6) is -0.0774. The topological polar surface area (TPSA) is 45.6 Å².